The van der Waals surface area contributed by atoms with Gasteiger partial charge in [-0.05, 0) is 30.7 Å². The Morgan fingerprint density at radius 2 is 2.16 bits per heavy atom. The first-order chi connectivity index (χ1) is 12.2. The molecule has 1 aliphatic rings. The van der Waals surface area contributed by atoms with Crippen molar-refractivity contribution in [1.82, 2.24) is 9.55 Å². The van der Waals surface area contributed by atoms with Crippen molar-refractivity contribution in [2.45, 2.75) is 19.4 Å². The predicted octanol–water partition coefficient (Wildman–Crippen LogP) is 3.35. The van der Waals surface area contributed by atoms with Gasteiger partial charge in [0.15, 0.2) is 0 Å². The molecular formula is C20H19N3O2. The SMILES string of the molecule is Cc1nccn1Cc1cccc(NC(=O)[C@H]2COc3ccccc32)c1. The van der Waals surface area contributed by atoms with Gasteiger partial charge in [0.05, 0.1) is 0 Å². The average Bonchev–Trinajstić information content (AvgIpc) is 3.22. The number of carbonyl (C=O) groups is 1. The summed E-state index contributed by atoms with van der Waals surface area (Å²) in [5.41, 5.74) is 2.86. The first kappa shape index (κ1) is 15.4. The summed E-state index contributed by atoms with van der Waals surface area (Å²) < 4.78 is 7.68. The predicted molar refractivity (Wildman–Crippen MR) is 95.8 cm³/mol. The van der Waals surface area contributed by atoms with Crippen LogP contribution in [0.5, 0.6) is 5.75 Å². The Morgan fingerprint density at radius 3 is 3.00 bits per heavy atom. The van der Waals surface area contributed by atoms with Gasteiger partial charge in [-0.2, -0.15) is 0 Å². The molecule has 0 unspecified atom stereocenters. The molecule has 0 aliphatic carbocycles. The molecule has 1 aromatic heterocycles. The minimum Gasteiger partial charge on any atom is -0.492 e. The van der Waals surface area contributed by atoms with E-state index in [2.05, 4.69) is 14.9 Å². The Morgan fingerprint density at radius 1 is 1.28 bits per heavy atom. The molecule has 0 saturated carbocycles. The Hall–Kier alpha value is -3.08. The molecule has 0 radical (unpaired) electrons. The number of aromatic nitrogens is 2. The van der Waals surface area contributed by atoms with E-state index in [-0.39, 0.29) is 11.8 Å². The summed E-state index contributed by atoms with van der Waals surface area (Å²) in [6.07, 6.45) is 3.74. The summed E-state index contributed by atoms with van der Waals surface area (Å²) in [7, 11) is 0. The second-order valence-corrected chi connectivity index (χ2v) is 6.19. The maximum Gasteiger partial charge on any atom is 0.235 e. The second-order valence-electron chi connectivity index (χ2n) is 6.19. The second kappa shape index (κ2) is 6.43. The van der Waals surface area contributed by atoms with E-state index in [4.69, 9.17) is 4.74 Å². The van der Waals surface area contributed by atoms with E-state index in [1.807, 2.05) is 61.7 Å². The van der Waals surface area contributed by atoms with Crippen LogP contribution < -0.4 is 10.1 Å². The van der Waals surface area contributed by atoms with Gasteiger partial charge >= 0.3 is 0 Å². The lowest BCUT2D eigenvalue weighted by Gasteiger charge is -2.12. The number of anilines is 1. The maximum atomic E-state index is 12.7. The number of carbonyl (C=O) groups excluding carboxylic acids is 1. The summed E-state index contributed by atoms with van der Waals surface area (Å²) in [6.45, 7) is 3.09. The molecule has 1 aliphatic heterocycles. The fourth-order valence-electron chi connectivity index (χ4n) is 3.12. The van der Waals surface area contributed by atoms with Crippen LogP contribution in [0.2, 0.25) is 0 Å². The number of rotatable bonds is 4. The van der Waals surface area contributed by atoms with E-state index in [0.29, 0.717) is 6.61 Å². The molecular weight excluding hydrogens is 314 g/mol. The molecule has 0 fully saturated rings. The molecule has 5 nitrogen and oxygen atoms in total. The van der Waals surface area contributed by atoms with Gasteiger partial charge in [-0.25, -0.2) is 4.98 Å². The van der Waals surface area contributed by atoms with Crippen LogP contribution in [0.1, 0.15) is 22.9 Å². The molecule has 2 heterocycles. The minimum absolute atomic E-state index is 0.0408. The zero-order valence-corrected chi connectivity index (χ0v) is 14.0. The molecule has 0 saturated heterocycles. The van der Waals surface area contributed by atoms with Crippen molar-refractivity contribution in [2.24, 2.45) is 0 Å². The van der Waals surface area contributed by atoms with Crippen LogP contribution in [0.15, 0.2) is 60.9 Å². The zero-order chi connectivity index (χ0) is 17.2. The van der Waals surface area contributed by atoms with Crippen molar-refractivity contribution in [2.75, 3.05) is 11.9 Å². The zero-order valence-electron chi connectivity index (χ0n) is 14.0. The number of benzene rings is 2. The van der Waals surface area contributed by atoms with E-state index in [1.54, 1.807) is 6.20 Å². The number of para-hydroxylation sites is 1. The number of aryl methyl sites for hydroxylation is 1. The van der Waals surface area contributed by atoms with Crippen LogP contribution in [0, 0.1) is 6.92 Å². The van der Waals surface area contributed by atoms with Gasteiger partial charge in [0.25, 0.3) is 0 Å². The Labute approximate surface area is 146 Å². The fourth-order valence-corrected chi connectivity index (χ4v) is 3.12. The first-order valence-electron chi connectivity index (χ1n) is 8.30. The summed E-state index contributed by atoms with van der Waals surface area (Å²) in [4.78, 5) is 16.9. The molecule has 1 N–H and O–H groups in total. The Kier molecular flexibility index (Phi) is 3.98. The molecule has 0 spiro atoms. The van der Waals surface area contributed by atoms with Gasteiger partial charge in [-0.3, -0.25) is 4.79 Å². The average molecular weight is 333 g/mol. The maximum absolute atomic E-state index is 12.7. The van der Waals surface area contributed by atoms with Gasteiger partial charge in [0.1, 0.15) is 24.1 Å². The van der Waals surface area contributed by atoms with Gasteiger partial charge in [0, 0.05) is 30.2 Å². The minimum atomic E-state index is -0.268. The van der Waals surface area contributed by atoms with Crippen LogP contribution in [-0.2, 0) is 11.3 Å². The van der Waals surface area contributed by atoms with Crippen LogP contribution in [0.4, 0.5) is 5.69 Å². The highest BCUT2D eigenvalue weighted by atomic mass is 16.5. The first-order valence-corrected chi connectivity index (χ1v) is 8.30. The van der Waals surface area contributed by atoms with E-state index in [0.717, 1.165) is 34.9 Å². The lowest BCUT2D eigenvalue weighted by molar-refractivity contribution is -0.117. The largest absolute Gasteiger partial charge is 0.492 e. The highest BCUT2D eigenvalue weighted by Gasteiger charge is 2.29. The molecule has 1 amide bonds. The third-order valence-electron chi connectivity index (χ3n) is 4.49. The van der Waals surface area contributed by atoms with Gasteiger partial charge < -0.3 is 14.6 Å². The number of fused-ring (bicyclic) bond motifs is 1. The molecule has 25 heavy (non-hydrogen) atoms. The van der Waals surface area contributed by atoms with Crippen molar-refractivity contribution in [1.29, 1.82) is 0 Å². The fraction of sp³-hybridized carbons (Fsp3) is 0.200. The number of imidazole rings is 1. The van der Waals surface area contributed by atoms with E-state index >= 15 is 0 Å². The van der Waals surface area contributed by atoms with E-state index < -0.39 is 0 Å². The molecule has 5 heteroatoms. The number of nitrogens with zero attached hydrogens (tertiary/aromatic N) is 2. The highest BCUT2D eigenvalue weighted by molar-refractivity contribution is 5.97. The normalized spacial score (nSPS) is 15.5. The van der Waals surface area contributed by atoms with Gasteiger partial charge in [-0.15, -0.1) is 0 Å². The van der Waals surface area contributed by atoms with Crippen molar-refractivity contribution in [3.63, 3.8) is 0 Å². The van der Waals surface area contributed by atoms with Crippen LogP contribution in [0.3, 0.4) is 0 Å². The van der Waals surface area contributed by atoms with Crippen LogP contribution in [0.25, 0.3) is 0 Å². The molecule has 126 valence electrons. The van der Waals surface area contributed by atoms with Crippen molar-refractivity contribution in [3.8, 4) is 5.75 Å². The monoisotopic (exact) mass is 333 g/mol. The lowest BCUT2D eigenvalue weighted by atomic mass is 10.0. The topological polar surface area (TPSA) is 56.2 Å². The Balaban J connectivity index is 1.49. The third kappa shape index (κ3) is 3.13. The number of ether oxygens (including phenoxy) is 1. The highest BCUT2D eigenvalue weighted by Crippen LogP contribution is 2.34. The van der Waals surface area contributed by atoms with Gasteiger partial charge in [-0.1, -0.05) is 30.3 Å². The number of nitrogens with one attached hydrogen (secondary N) is 1. The molecule has 3 aromatic rings. The smallest absolute Gasteiger partial charge is 0.235 e. The van der Waals surface area contributed by atoms with Crippen molar-refractivity contribution in [3.05, 3.63) is 77.9 Å². The summed E-state index contributed by atoms with van der Waals surface area (Å²) in [5.74, 6) is 1.46. The molecule has 0 bridgehead atoms. The lowest BCUT2D eigenvalue weighted by Crippen LogP contribution is -2.22. The van der Waals surface area contributed by atoms with E-state index in [1.165, 1.54) is 0 Å². The van der Waals surface area contributed by atoms with Gasteiger partial charge in [0.2, 0.25) is 5.91 Å². The van der Waals surface area contributed by atoms with Crippen LogP contribution >= 0.6 is 0 Å². The number of hydrogen-bond acceptors (Lipinski definition) is 3. The quantitative estimate of drug-likeness (QED) is 0.796. The number of amides is 1. The Bertz CT molecular complexity index is 917. The summed E-state index contributed by atoms with van der Waals surface area (Å²) >= 11 is 0. The standard InChI is InChI=1S/C20H19N3O2/c1-14-21-9-10-23(14)12-15-5-4-6-16(11-15)22-20(24)18-13-25-19-8-3-2-7-17(18)19/h2-11,18H,12-13H2,1H3,(H,22,24)/t18-/m0/s1. The summed E-state index contributed by atoms with van der Waals surface area (Å²) in [6, 6.07) is 15.6. The van der Waals surface area contributed by atoms with Crippen LogP contribution in [-0.4, -0.2) is 22.1 Å². The van der Waals surface area contributed by atoms with Crippen molar-refractivity contribution >= 4 is 11.6 Å². The van der Waals surface area contributed by atoms with E-state index in [9.17, 15) is 4.79 Å². The third-order valence-corrected chi connectivity index (χ3v) is 4.49. The molecule has 4 rings (SSSR count). The van der Waals surface area contributed by atoms with Crippen molar-refractivity contribution < 1.29 is 9.53 Å². The molecule has 1 atom stereocenters. The number of hydrogen-bond donors (Lipinski definition) is 1. The summed E-state index contributed by atoms with van der Waals surface area (Å²) in [5, 5.41) is 3.02. The molecule has 2 aromatic carbocycles.